The molecule has 0 spiro atoms. The summed E-state index contributed by atoms with van der Waals surface area (Å²) >= 11 is 1.58. The highest BCUT2D eigenvalue weighted by Crippen LogP contribution is 2.26. The maximum atomic E-state index is 14.2. The van der Waals surface area contributed by atoms with Crippen LogP contribution in [0.5, 0.6) is 0 Å². The number of ether oxygens (including phenoxy) is 1. The quantitative estimate of drug-likeness (QED) is 0.340. The van der Waals surface area contributed by atoms with E-state index in [1.54, 1.807) is 17.8 Å². The van der Waals surface area contributed by atoms with Crippen LogP contribution in [0, 0.1) is 5.82 Å². The van der Waals surface area contributed by atoms with Gasteiger partial charge in [0.25, 0.3) is 5.91 Å². The Morgan fingerprint density at radius 2 is 1.70 bits per heavy atom. The van der Waals surface area contributed by atoms with Gasteiger partial charge in [-0.05, 0) is 36.2 Å². The molecule has 3 aromatic rings. The van der Waals surface area contributed by atoms with Gasteiger partial charge in [0.05, 0.1) is 18.9 Å². The zero-order valence-electron chi connectivity index (χ0n) is 21.1. The van der Waals surface area contributed by atoms with Gasteiger partial charge in [-0.2, -0.15) is 0 Å². The van der Waals surface area contributed by atoms with Gasteiger partial charge in [-0.1, -0.05) is 43.0 Å². The standard InChI is InChI=1S/C28H32FN5O2S/c1-2-23-19-26(33-12-10-32(11-13-33)25-9-4-3-8-24(25)29)31-28(30-23)37-20-21-6-5-7-22(18-21)27(35)34-14-16-36-17-15-34/h3-9,18-19H,2,10-17,20H2,1H3. The first kappa shape index (κ1) is 25.5. The van der Waals surface area contributed by atoms with Crippen LogP contribution in [0.25, 0.3) is 0 Å². The van der Waals surface area contributed by atoms with Crippen molar-refractivity contribution in [3.8, 4) is 0 Å². The van der Waals surface area contributed by atoms with E-state index in [4.69, 9.17) is 14.7 Å². The molecule has 7 nitrogen and oxygen atoms in total. The molecule has 194 valence electrons. The fourth-order valence-corrected chi connectivity index (χ4v) is 5.46. The minimum Gasteiger partial charge on any atom is -0.378 e. The Bertz CT molecular complexity index is 1230. The molecular formula is C28H32FN5O2S. The molecule has 0 radical (unpaired) electrons. The number of morpholine rings is 1. The summed E-state index contributed by atoms with van der Waals surface area (Å²) in [4.78, 5) is 28.7. The molecule has 2 aliphatic rings. The molecule has 37 heavy (non-hydrogen) atoms. The summed E-state index contributed by atoms with van der Waals surface area (Å²) in [5, 5.41) is 0.732. The van der Waals surface area contributed by atoms with Gasteiger partial charge in [-0.15, -0.1) is 0 Å². The summed E-state index contributed by atoms with van der Waals surface area (Å²) in [5.74, 6) is 1.47. The number of rotatable bonds is 7. The molecule has 0 atom stereocenters. The fourth-order valence-electron chi connectivity index (χ4n) is 4.64. The third-order valence-electron chi connectivity index (χ3n) is 6.74. The Hall–Kier alpha value is -3.17. The Balaban J connectivity index is 1.24. The van der Waals surface area contributed by atoms with Crippen LogP contribution in [0.1, 0.15) is 28.5 Å². The monoisotopic (exact) mass is 521 g/mol. The number of halogens is 1. The molecule has 2 aromatic carbocycles. The first-order chi connectivity index (χ1) is 18.1. The summed E-state index contributed by atoms with van der Waals surface area (Å²) in [6.07, 6.45) is 0.821. The molecule has 3 heterocycles. The maximum absolute atomic E-state index is 14.2. The Kier molecular flexibility index (Phi) is 8.21. The molecule has 2 aliphatic heterocycles. The predicted molar refractivity (Wildman–Crippen MR) is 145 cm³/mol. The van der Waals surface area contributed by atoms with E-state index in [1.807, 2.05) is 41.3 Å². The zero-order chi connectivity index (χ0) is 25.6. The average Bonchev–Trinajstić information content (AvgIpc) is 2.96. The number of aryl methyl sites for hydroxylation is 1. The number of thioether (sulfide) groups is 1. The number of carbonyl (C=O) groups excluding carboxylic acids is 1. The third-order valence-corrected chi connectivity index (χ3v) is 7.66. The van der Waals surface area contributed by atoms with Crippen LogP contribution in [0.15, 0.2) is 59.8 Å². The largest absolute Gasteiger partial charge is 0.378 e. The van der Waals surface area contributed by atoms with Gasteiger partial charge in [-0.25, -0.2) is 14.4 Å². The highest BCUT2D eigenvalue weighted by atomic mass is 32.2. The second-order valence-electron chi connectivity index (χ2n) is 9.17. The average molecular weight is 522 g/mol. The number of hydrogen-bond acceptors (Lipinski definition) is 7. The lowest BCUT2D eigenvalue weighted by molar-refractivity contribution is 0.0303. The van der Waals surface area contributed by atoms with E-state index in [9.17, 15) is 9.18 Å². The lowest BCUT2D eigenvalue weighted by Crippen LogP contribution is -2.47. The number of nitrogens with zero attached hydrogens (tertiary/aromatic N) is 5. The van der Waals surface area contributed by atoms with Gasteiger partial charge in [0.15, 0.2) is 5.16 Å². The highest BCUT2D eigenvalue weighted by molar-refractivity contribution is 7.98. The Morgan fingerprint density at radius 1 is 0.946 bits per heavy atom. The summed E-state index contributed by atoms with van der Waals surface area (Å²) in [7, 11) is 0. The van der Waals surface area contributed by atoms with Gasteiger partial charge in [0.2, 0.25) is 0 Å². The van der Waals surface area contributed by atoms with E-state index >= 15 is 0 Å². The molecule has 0 N–H and O–H groups in total. The number of anilines is 2. The van der Waals surface area contributed by atoms with Gasteiger partial charge >= 0.3 is 0 Å². The first-order valence-corrected chi connectivity index (χ1v) is 13.8. The lowest BCUT2D eigenvalue weighted by atomic mass is 10.1. The minimum absolute atomic E-state index is 0.0520. The maximum Gasteiger partial charge on any atom is 0.254 e. The van der Waals surface area contributed by atoms with Crippen LogP contribution in [-0.2, 0) is 16.9 Å². The molecule has 1 aromatic heterocycles. The van der Waals surface area contributed by atoms with Crippen LogP contribution >= 0.6 is 11.8 Å². The number of aromatic nitrogens is 2. The molecule has 0 aliphatic carbocycles. The van der Waals surface area contributed by atoms with E-state index in [0.29, 0.717) is 43.3 Å². The van der Waals surface area contributed by atoms with Crippen molar-refractivity contribution in [1.82, 2.24) is 14.9 Å². The van der Waals surface area contributed by atoms with E-state index < -0.39 is 0 Å². The second-order valence-corrected chi connectivity index (χ2v) is 10.1. The van der Waals surface area contributed by atoms with Crippen molar-refractivity contribution in [3.05, 3.63) is 77.2 Å². The van der Waals surface area contributed by atoms with Gasteiger partial charge in [0, 0.05) is 62.3 Å². The van der Waals surface area contributed by atoms with Crippen LogP contribution in [0.2, 0.25) is 0 Å². The van der Waals surface area contributed by atoms with Crippen LogP contribution < -0.4 is 9.80 Å². The van der Waals surface area contributed by atoms with Gasteiger partial charge in [0.1, 0.15) is 11.6 Å². The van der Waals surface area contributed by atoms with Crippen molar-refractivity contribution in [1.29, 1.82) is 0 Å². The number of piperazine rings is 1. The van der Waals surface area contributed by atoms with Crippen molar-refractivity contribution < 1.29 is 13.9 Å². The van der Waals surface area contributed by atoms with Crippen molar-refractivity contribution in [2.45, 2.75) is 24.3 Å². The SMILES string of the molecule is CCc1cc(N2CCN(c3ccccc3F)CC2)nc(SCc2cccc(C(=O)N3CCOCC3)c2)n1. The number of amides is 1. The van der Waals surface area contributed by atoms with Crippen LogP contribution in [-0.4, -0.2) is 73.3 Å². The Labute approximate surface area is 221 Å². The molecule has 0 saturated carbocycles. The van der Waals surface area contributed by atoms with E-state index in [2.05, 4.69) is 22.8 Å². The molecule has 0 unspecified atom stereocenters. The first-order valence-electron chi connectivity index (χ1n) is 12.8. The third kappa shape index (κ3) is 6.22. The van der Waals surface area contributed by atoms with Crippen molar-refractivity contribution in [2.75, 3.05) is 62.3 Å². The van der Waals surface area contributed by atoms with E-state index in [0.717, 1.165) is 54.8 Å². The molecular weight excluding hydrogens is 489 g/mol. The van der Waals surface area contributed by atoms with Crippen LogP contribution in [0.3, 0.4) is 0 Å². The van der Waals surface area contributed by atoms with Crippen molar-refractivity contribution >= 4 is 29.2 Å². The zero-order valence-corrected chi connectivity index (χ0v) is 21.9. The number of carbonyl (C=O) groups is 1. The second kappa shape index (κ2) is 11.9. The summed E-state index contributed by atoms with van der Waals surface area (Å²) in [6, 6.07) is 16.8. The van der Waals surface area contributed by atoms with Crippen molar-refractivity contribution in [2.24, 2.45) is 0 Å². The molecule has 1 amide bonds. The van der Waals surface area contributed by atoms with Gasteiger partial charge in [-0.3, -0.25) is 4.79 Å². The summed E-state index contributed by atoms with van der Waals surface area (Å²) < 4.78 is 19.6. The number of para-hydroxylation sites is 1. The topological polar surface area (TPSA) is 61.8 Å². The highest BCUT2D eigenvalue weighted by Gasteiger charge is 2.22. The van der Waals surface area contributed by atoms with Crippen LogP contribution in [0.4, 0.5) is 15.9 Å². The number of hydrogen-bond donors (Lipinski definition) is 0. The fraction of sp³-hybridized carbons (Fsp3) is 0.393. The summed E-state index contributed by atoms with van der Waals surface area (Å²) in [5.41, 5.74) is 3.43. The molecule has 2 saturated heterocycles. The molecule has 2 fully saturated rings. The number of benzene rings is 2. The van der Waals surface area contributed by atoms with E-state index in [1.165, 1.54) is 6.07 Å². The predicted octanol–water partition coefficient (Wildman–Crippen LogP) is 4.27. The molecule has 5 rings (SSSR count). The van der Waals surface area contributed by atoms with Crippen molar-refractivity contribution in [3.63, 3.8) is 0 Å². The summed E-state index contributed by atoms with van der Waals surface area (Å²) in [6.45, 7) is 7.54. The van der Waals surface area contributed by atoms with Gasteiger partial charge < -0.3 is 19.4 Å². The molecule has 0 bridgehead atoms. The normalized spacial score (nSPS) is 16.2. The smallest absolute Gasteiger partial charge is 0.254 e. The minimum atomic E-state index is -0.180. The molecule has 9 heteroatoms. The Morgan fingerprint density at radius 3 is 2.46 bits per heavy atom. The lowest BCUT2D eigenvalue weighted by Gasteiger charge is -2.37. The van der Waals surface area contributed by atoms with E-state index in [-0.39, 0.29) is 11.7 Å².